The Kier molecular flexibility index (Phi) is 3.36. The molecule has 0 saturated heterocycles. The highest BCUT2D eigenvalue weighted by Crippen LogP contribution is 2.34. The highest BCUT2D eigenvalue weighted by Gasteiger charge is 2.34. The van der Waals surface area contributed by atoms with Gasteiger partial charge < -0.3 is 5.11 Å². The molecule has 6 nitrogen and oxygen atoms in total. The first kappa shape index (κ1) is 13.9. The number of amides is 1. The van der Waals surface area contributed by atoms with Crippen LogP contribution in [0.25, 0.3) is 5.69 Å². The Balaban J connectivity index is 2.56. The number of hydrogen-bond donors (Lipinski definition) is 3. The Bertz CT molecular complexity index is 651. The molecular weight excluding hydrogens is 277 g/mol. The lowest BCUT2D eigenvalue weighted by Gasteiger charge is -2.11. The van der Waals surface area contributed by atoms with Crippen LogP contribution in [0.3, 0.4) is 0 Å². The second kappa shape index (κ2) is 4.85. The van der Waals surface area contributed by atoms with Crippen LogP contribution in [0.15, 0.2) is 30.5 Å². The van der Waals surface area contributed by atoms with E-state index in [1.54, 1.807) is 5.43 Å². The molecule has 0 atom stereocenters. The molecule has 0 aliphatic rings. The summed E-state index contributed by atoms with van der Waals surface area (Å²) in [6.07, 6.45) is -3.69. The van der Waals surface area contributed by atoms with Gasteiger partial charge in [-0.05, 0) is 12.1 Å². The summed E-state index contributed by atoms with van der Waals surface area (Å²) >= 11 is 0. The molecule has 1 aromatic carbocycles. The second-order valence-corrected chi connectivity index (χ2v) is 3.80. The van der Waals surface area contributed by atoms with E-state index in [-0.39, 0.29) is 5.69 Å². The average Bonchev–Trinajstić information content (AvgIpc) is 2.79. The number of nitrogens with two attached hydrogens (primary N) is 1. The number of nitrogens with zero attached hydrogens (tertiary/aromatic N) is 2. The maximum atomic E-state index is 12.9. The Morgan fingerprint density at radius 1 is 1.35 bits per heavy atom. The predicted octanol–water partition coefficient (Wildman–Crippen LogP) is 1.20. The molecule has 0 aliphatic carbocycles. The summed E-state index contributed by atoms with van der Waals surface area (Å²) in [6, 6.07) is 4.64. The predicted molar refractivity (Wildman–Crippen MR) is 61.9 cm³/mol. The zero-order valence-corrected chi connectivity index (χ0v) is 9.85. The number of nitrogen functional groups attached to an aromatic ring is 1. The maximum Gasteiger partial charge on any atom is 0.418 e. The monoisotopic (exact) mass is 286 g/mol. The van der Waals surface area contributed by atoms with Crippen LogP contribution in [-0.4, -0.2) is 20.8 Å². The molecule has 1 amide bonds. The first-order valence-corrected chi connectivity index (χ1v) is 5.30. The van der Waals surface area contributed by atoms with Crippen molar-refractivity contribution < 1.29 is 23.1 Å². The number of nitrogens with one attached hydrogen (secondary N) is 1. The number of carbonyl (C=O) groups is 1. The first-order chi connectivity index (χ1) is 9.34. The number of aromatic nitrogens is 2. The first-order valence-electron chi connectivity index (χ1n) is 5.30. The number of benzene rings is 1. The minimum Gasteiger partial charge on any atom is -0.504 e. The summed E-state index contributed by atoms with van der Waals surface area (Å²) in [5.41, 5.74) is 0.0107. The van der Waals surface area contributed by atoms with Gasteiger partial charge in [0.05, 0.1) is 17.4 Å². The Morgan fingerprint density at radius 2 is 2.00 bits per heavy atom. The highest BCUT2D eigenvalue weighted by atomic mass is 19.4. The van der Waals surface area contributed by atoms with Crippen LogP contribution in [0.2, 0.25) is 0 Å². The molecule has 0 saturated carbocycles. The van der Waals surface area contributed by atoms with Gasteiger partial charge in [-0.3, -0.25) is 10.2 Å². The van der Waals surface area contributed by atoms with Gasteiger partial charge in [0.15, 0.2) is 11.4 Å². The number of hydrogen-bond acceptors (Lipinski definition) is 4. The van der Waals surface area contributed by atoms with Crippen molar-refractivity contribution in [3.05, 3.63) is 41.7 Å². The number of aromatic hydroxyl groups is 1. The maximum absolute atomic E-state index is 12.9. The quantitative estimate of drug-likeness (QED) is 0.439. The molecule has 9 heteroatoms. The van der Waals surface area contributed by atoms with E-state index in [9.17, 15) is 23.1 Å². The fraction of sp³-hybridized carbons (Fsp3) is 0.0909. The molecular formula is C11H9F3N4O2. The third kappa shape index (κ3) is 2.43. The minimum absolute atomic E-state index is 0.314. The molecule has 0 aliphatic heterocycles. The number of rotatable bonds is 2. The lowest BCUT2D eigenvalue weighted by atomic mass is 10.2. The molecule has 0 fully saturated rings. The number of carbonyl (C=O) groups excluding carboxylic acids is 1. The number of hydrazine groups is 1. The summed E-state index contributed by atoms with van der Waals surface area (Å²) in [7, 11) is 0. The topological polar surface area (TPSA) is 93.2 Å². The lowest BCUT2D eigenvalue weighted by Crippen LogP contribution is -2.30. The van der Waals surface area contributed by atoms with Gasteiger partial charge in [-0.15, -0.1) is 0 Å². The summed E-state index contributed by atoms with van der Waals surface area (Å²) in [5.74, 6) is 3.39. The molecule has 1 heterocycles. The van der Waals surface area contributed by atoms with E-state index >= 15 is 0 Å². The van der Waals surface area contributed by atoms with Crippen LogP contribution >= 0.6 is 0 Å². The van der Waals surface area contributed by atoms with Crippen molar-refractivity contribution in [1.29, 1.82) is 0 Å². The summed E-state index contributed by atoms with van der Waals surface area (Å²) in [4.78, 5) is 11.3. The largest absolute Gasteiger partial charge is 0.504 e. The van der Waals surface area contributed by atoms with E-state index in [1.165, 1.54) is 18.2 Å². The third-order valence-corrected chi connectivity index (χ3v) is 2.50. The number of alkyl halides is 3. The molecule has 0 bridgehead atoms. The molecule has 2 aromatic rings. The van der Waals surface area contributed by atoms with Gasteiger partial charge in [-0.2, -0.15) is 18.3 Å². The van der Waals surface area contributed by atoms with Crippen molar-refractivity contribution in [3.8, 4) is 11.4 Å². The van der Waals surface area contributed by atoms with Crippen LogP contribution < -0.4 is 11.3 Å². The van der Waals surface area contributed by atoms with Gasteiger partial charge in [0.25, 0.3) is 5.91 Å². The van der Waals surface area contributed by atoms with Gasteiger partial charge in [-0.25, -0.2) is 10.5 Å². The zero-order valence-electron chi connectivity index (χ0n) is 9.85. The third-order valence-electron chi connectivity index (χ3n) is 2.50. The van der Waals surface area contributed by atoms with E-state index in [0.717, 1.165) is 16.9 Å². The summed E-state index contributed by atoms with van der Waals surface area (Å²) in [5, 5.41) is 13.1. The Morgan fingerprint density at radius 3 is 2.60 bits per heavy atom. The van der Waals surface area contributed by atoms with E-state index in [2.05, 4.69) is 5.10 Å². The fourth-order valence-corrected chi connectivity index (χ4v) is 1.63. The number of halogens is 3. The molecule has 4 N–H and O–H groups in total. The smallest absolute Gasteiger partial charge is 0.418 e. The van der Waals surface area contributed by atoms with Crippen LogP contribution in [0.5, 0.6) is 5.75 Å². The van der Waals surface area contributed by atoms with Crippen molar-refractivity contribution in [2.45, 2.75) is 6.18 Å². The molecule has 1 aromatic heterocycles. The van der Waals surface area contributed by atoms with Crippen molar-refractivity contribution in [2.75, 3.05) is 0 Å². The van der Waals surface area contributed by atoms with E-state index in [0.29, 0.717) is 0 Å². The van der Waals surface area contributed by atoms with Crippen molar-refractivity contribution in [3.63, 3.8) is 0 Å². The van der Waals surface area contributed by atoms with Crippen LogP contribution in [0.1, 0.15) is 16.1 Å². The fourth-order valence-electron chi connectivity index (χ4n) is 1.63. The molecule has 0 unspecified atom stereocenters. The Hall–Kier alpha value is -2.55. The highest BCUT2D eigenvalue weighted by molar-refractivity contribution is 5.94. The molecule has 0 radical (unpaired) electrons. The molecule has 106 valence electrons. The van der Waals surface area contributed by atoms with Crippen LogP contribution in [0.4, 0.5) is 13.2 Å². The summed E-state index contributed by atoms with van der Waals surface area (Å²) < 4.78 is 39.4. The lowest BCUT2D eigenvalue weighted by molar-refractivity contribution is -0.137. The molecule has 20 heavy (non-hydrogen) atoms. The summed E-state index contributed by atoms with van der Waals surface area (Å²) in [6.45, 7) is 0. The van der Waals surface area contributed by atoms with Gasteiger partial charge in [-0.1, -0.05) is 12.1 Å². The van der Waals surface area contributed by atoms with Crippen molar-refractivity contribution >= 4 is 5.91 Å². The minimum atomic E-state index is -4.59. The standard InChI is InChI=1S/C11H9F3N4O2/c12-11(13,14)6-3-1-2-4-7(6)18-5-8(19)9(17-18)10(20)16-15/h1-5,19H,15H2,(H,16,20). The van der Waals surface area contributed by atoms with Gasteiger partial charge in [0.1, 0.15) is 0 Å². The molecule has 0 spiro atoms. The number of para-hydroxylation sites is 1. The van der Waals surface area contributed by atoms with E-state index in [4.69, 9.17) is 5.84 Å². The Labute approximate surface area is 110 Å². The van der Waals surface area contributed by atoms with Crippen LogP contribution in [0, 0.1) is 0 Å². The molecule has 2 rings (SSSR count). The normalized spacial score (nSPS) is 11.4. The van der Waals surface area contributed by atoms with Gasteiger partial charge in [0.2, 0.25) is 0 Å². The van der Waals surface area contributed by atoms with Crippen molar-refractivity contribution in [1.82, 2.24) is 15.2 Å². The van der Waals surface area contributed by atoms with E-state index in [1.807, 2.05) is 0 Å². The van der Waals surface area contributed by atoms with Gasteiger partial charge in [0, 0.05) is 0 Å². The van der Waals surface area contributed by atoms with Crippen molar-refractivity contribution in [2.24, 2.45) is 5.84 Å². The van der Waals surface area contributed by atoms with Gasteiger partial charge >= 0.3 is 6.18 Å². The van der Waals surface area contributed by atoms with Crippen LogP contribution in [-0.2, 0) is 6.18 Å². The zero-order chi connectivity index (χ0) is 14.9. The van der Waals surface area contributed by atoms with E-state index < -0.39 is 29.1 Å². The average molecular weight is 286 g/mol. The SMILES string of the molecule is NNC(=O)c1nn(-c2ccccc2C(F)(F)F)cc1O. The second-order valence-electron chi connectivity index (χ2n) is 3.80.